The van der Waals surface area contributed by atoms with Crippen molar-refractivity contribution < 1.29 is 0 Å². The van der Waals surface area contributed by atoms with Crippen LogP contribution in [0, 0.1) is 11.3 Å². The molecular weight excluding hydrogens is 184 g/mol. The van der Waals surface area contributed by atoms with Crippen LogP contribution in [0.3, 0.4) is 0 Å². The lowest BCUT2D eigenvalue weighted by molar-refractivity contribution is 0.693. The Morgan fingerprint density at radius 1 is 1.07 bits per heavy atom. The Morgan fingerprint density at radius 2 is 1.87 bits per heavy atom. The maximum absolute atomic E-state index is 8.83. The van der Waals surface area contributed by atoms with Gasteiger partial charge in [0.2, 0.25) is 0 Å². The van der Waals surface area contributed by atoms with Crippen LogP contribution in [0.25, 0.3) is 0 Å². The lowest BCUT2D eigenvalue weighted by atomic mass is 10.1. The second-order valence-corrected chi connectivity index (χ2v) is 3.43. The van der Waals surface area contributed by atoms with Crippen molar-refractivity contribution in [1.29, 1.82) is 5.26 Å². The summed E-state index contributed by atoms with van der Waals surface area (Å²) in [4.78, 5) is 0. The number of benzene rings is 1. The van der Waals surface area contributed by atoms with E-state index in [4.69, 9.17) is 5.26 Å². The first kappa shape index (κ1) is 9.54. The highest BCUT2D eigenvalue weighted by atomic mass is 15.0. The summed E-state index contributed by atoms with van der Waals surface area (Å²) in [7, 11) is 0. The van der Waals surface area contributed by atoms with E-state index in [1.807, 2.05) is 41.1 Å². The summed E-state index contributed by atoms with van der Waals surface area (Å²) in [6.07, 6.45) is 2.91. The highest BCUT2D eigenvalue weighted by molar-refractivity contribution is 5.22. The normalized spacial score (nSPS) is 9.80. The van der Waals surface area contributed by atoms with Gasteiger partial charge in [0.15, 0.2) is 0 Å². The van der Waals surface area contributed by atoms with E-state index < -0.39 is 0 Å². The molecule has 0 saturated carbocycles. The van der Waals surface area contributed by atoms with Crippen molar-refractivity contribution in [3.63, 3.8) is 0 Å². The van der Waals surface area contributed by atoms with Crippen LogP contribution in [0.2, 0.25) is 0 Å². The predicted octanol–water partition coefficient (Wildman–Crippen LogP) is 2.60. The van der Waals surface area contributed by atoms with E-state index >= 15 is 0 Å². The molecule has 0 aliphatic rings. The van der Waals surface area contributed by atoms with Gasteiger partial charge in [-0.3, -0.25) is 0 Å². The van der Waals surface area contributed by atoms with Gasteiger partial charge >= 0.3 is 0 Å². The zero-order chi connectivity index (χ0) is 10.5. The van der Waals surface area contributed by atoms with Crippen LogP contribution in [0.5, 0.6) is 0 Å². The fourth-order valence-electron chi connectivity index (χ4n) is 1.60. The molecular formula is C13H12N2. The Bertz CT molecular complexity index is 463. The predicted molar refractivity (Wildman–Crippen MR) is 59.3 cm³/mol. The summed E-state index contributed by atoms with van der Waals surface area (Å²) >= 11 is 0. The summed E-state index contributed by atoms with van der Waals surface area (Å²) in [5.41, 5.74) is 2.03. The van der Waals surface area contributed by atoms with Crippen molar-refractivity contribution in [2.45, 2.75) is 13.0 Å². The first-order valence-electron chi connectivity index (χ1n) is 4.99. The molecule has 1 heterocycles. The van der Waals surface area contributed by atoms with Crippen LogP contribution in [0.1, 0.15) is 11.3 Å². The van der Waals surface area contributed by atoms with Crippen molar-refractivity contribution in [3.05, 3.63) is 59.9 Å². The van der Waals surface area contributed by atoms with Gasteiger partial charge in [-0.2, -0.15) is 5.26 Å². The van der Waals surface area contributed by atoms with Crippen LogP contribution < -0.4 is 0 Å². The van der Waals surface area contributed by atoms with Crippen molar-refractivity contribution >= 4 is 0 Å². The van der Waals surface area contributed by atoms with Gasteiger partial charge < -0.3 is 4.57 Å². The summed E-state index contributed by atoms with van der Waals surface area (Å²) in [5.74, 6) is 0. The fourth-order valence-corrected chi connectivity index (χ4v) is 1.60. The van der Waals surface area contributed by atoms with Crippen molar-refractivity contribution in [2.24, 2.45) is 0 Å². The lowest BCUT2D eigenvalue weighted by Gasteiger charge is -2.04. The summed E-state index contributed by atoms with van der Waals surface area (Å²) in [6, 6.07) is 16.2. The molecule has 74 valence electrons. The van der Waals surface area contributed by atoms with Gasteiger partial charge in [0.1, 0.15) is 11.8 Å². The highest BCUT2D eigenvalue weighted by Gasteiger charge is 1.98. The smallest absolute Gasteiger partial charge is 0.120 e. The Kier molecular flexibility index (Phi) is 2.85. The molecule has 0 N–H and O–H groups in total. The lowest BCUT2D eigenvalue weighted by Crippen LogP contribution is -2.01. The molecule has 0 aliphatic heterocycles. The van der Waals surface area contributed by atoms with Crippen LogP contribution >= 0.6 is 0 Å². The number of hydrogen-bond acceptors (Lipinski definition) is 1. The molecule has 0 amide bonds. The Labute approximate surface area is 89.4 Å². The van der Waals surface area contributed by atoms with Crippen molar-refractivity contribution in [3.8, 4) is 6.07 Å². The third-order valence-electron chi connectivity index (χ3n) is 2.43. The van der Waals surface area contributed by atoms with Gasteiger partial charge in [0, 0.05) is 12.7 Å². The van der Waals surface area contributed by atoms with Crippen LogP contribution in [-0.4, -0.2) is 4.57 Å². The summed E-state index contributed by atoms with van der Waals surface area (Å²) < 4.78 is 1.98. The minimum atomic E-state index is 0.728. The van der Waals surface area contributed by atoms with Gasteiger partial charge in [-0.25, -0.2) is 0 Å². The molecule has 2 heteroatoms. The maximum atomic E-state index is 8.83. The Hall–Kier alpha value is -2.01. The van der Waals surface area contributed by atoms with Gasteiger partial charge in [0.05, 0.1) is 0 Å². The average Bonchev–Trinajstić information content (AvgIpc) is 2.75. The van der Waals surface area contributed by atoms with Crippen LogP contribution in [-0.2, 0) is 13.0 Å². The fraction of sp³-hybridized carbons (Fsp3) is 0.154. The van der Waals surface area contributed by atoms with Crippen LogP contribution in [0.15, 0.2) is 48.7 Å². The van der Waals surface area contributed by atoms with Crippen LogP contribution in [0.4, 0.5) is 0 Å². The summed E-state index contributed by atoms with van der Waals surface area (Å²) in [6.45, 7) is 0.861. The van der Waals surface area contributed by atoms with E-state index in [2.05, 4.69) is 18.2 Å². The largest absolute Gasteiger partial charge is 0.339 e. The van der Waals surface area contributed by atoms with Gasteiger partial charge in [-0.1, -0.05) is 30.3 Å². The second-order valence-electron chi connectivity index (χ2n) is 3.43. The molecule has 0 aliphatic carbocycles. The molecule has 15 heavy (non-hydrogen) atoms. The number of rotatable bonds is 3. The number of aromatic nitrogens is 1. The van der Waals surface area contributed by atoms with Crippen molar-refractivity contribution in [2.75, 3.05) is 0 Å². The van der Waals surface area contributed by atoms with Crippen molar-refractivity contribution in [1.82, 2.24) is 4.57 Å². The van der Waals surface area contributed by atoms with E-state index in [1.165, 1.54) is 5.56 Å². The molecule has 2 nitrogen and oxygen atoms in total. The first-order chi connectivity index (χ1) is 7.40. The maximum Gasteiger partial charge on any atom is 0.120 e. The van der Waals surface area contributed by atoms with E-state index in [0.29, 0.717) is 0 Å². The molecule has 0 radical (unpaired) electrons. The third kappa shape index (κ3) is 2.26. The topological polar surface area (TPSA) is 28.7 Å². The quantitative estimate of drug-likeness (QED) is 0.741. The van der Waals surface area contributed by atoms with Gasteiger partial charge in [-0.05, 0) is 24.1 Å². The van der Waals surface area contributed by atoms with Gasteiger partial charge in [0.25, 0.3) is 0 Å². The minimum Gasteiger partial charge on any atom is -0.339 e. The van der Waals surface area contributed by atoms with Gasteiger partial charge in [-0.15, -0.1) is 0 Å². The summed E-state index contributed by atoms with van der Waals surface area (Å²) in [5, 5.41) is 8.83. The number of aryl methyl sites for hydroxylation is 2. The molecule has 0 fully saturated rings. The molecule has 2 aromatic rings. The first-order valence-corrected chi connectivity index (χ1v) is 4.99. The number of hydrogen-bond donors (Lipinski definition) is 0. The molecule has 2 rings (SSSR count). The molecule has 1 aromatic carbocycles. The average molecular weight is 196 g/mol. The van der Waals surface area contributed by atoms with E-state index in [1.54, 1.807) is 0 Å². The molecule has 0 atom stereocenters. The zero-order valence-corrected chi connectivity index (χ0v) is 8.43. The number of nitrogens with zero attached hydrogens (tertiary/aromatic N) is 2. The monoisotopic (exact) mass is 196 g/mol. The van der Waals surface area contributed by atoms with E-state index in [9.17, 15) is 0 Å². The minimum absolute atomic E-state index is 0.728. The van der Waals surface area contributed by atoms with E-state index in [0.717, 1.165) is 18.7 Å². The highest BCUT2D eigenvalue weighted by Crippen LogP contribution is 2.05. The Morgan fingerprint density at radius 3 is 2.60 bits per heavy atom. The SMILES string of the molecule is N#Cc1cccn1CCc1ccccc1. The zero-order valence-electron chi connectivity index (χ0n) is 8.43. The third-order valence-corrected chi connectivity index (χ3v) is 2.43. The number of nitriles is 1. The molecule has 0 unspecified atom stereocenters. The standard InChI is InChI=1S/C13H12N2/c14-11-13-7-4-9-15(13)10-8-12-5-2-1-3-6-12/h1-7,9H,8,10H2. The molecule has 0 spiro atoms. The molecule has 0 saturated heterocycles. The second kappa shape index (κ2) is 4.47. The Balaban J connectivity index is 2.03. The molecule has 1 aromatic heterocycles. The molecule has 0 bridgehead atoms. The van der Waals surface area contributed by atoms with E-state index in [-0.39, 0.29) is 0 Å².